The van der Waals surface area contributed by atoms with Crippen LogP contribution in [-0.2, 0) is 6.54 Å². The van der Waals surface area contributed by atoms with E-state index in [9.17, 15) is 4.79 Å². The molecular weight excluding hydrogens is 274 g/mol. The highest BCUT2D eigenvalue weighted by atomic mass is 16.1. The average Bonchev–Trinajstić information content (AvgIpc) is 2.58. The predicted octanol–water partition coefficient (Wildman–Crippen LogP) is 2.67. The molecule has 3 aromatic rings. The van der Waals surface area contributed by atoms with Gasteiger partial charge in [0.15, 0.2) is 0 Å². The molecule has 22 heavy (non-hydrogen) atoms. The Morgan fingerprint density at radius 3 is 2.45 bits per heavy atom. The molecule has 0 saturated carbocycles. The molecule has 0 bridgehead atoms. The molecule has 0 aliphatic rings. The van der Waals surface area contributed by atoms with Gasteiger partial charge in [-0.05, 0) is 29.8 Å². The van der Waals surface area contributed by atoms with Crippen molar-refractivity contribution in [3.05, 3.63) is 95.9 Å². The van der Waals surface area contributed by atoms with Crippen LogP contribution in [0.1, 0.15) is 15.9 Å². The second kappa shape index (κ2) is 6.63. The first-order chi connectivity index (χ1) is 10.8. The van der Waals surface area contributed by atoms with E-state index in [2.05, 4.69) is 22.1 Å². The number of rotatable bonds is 3. The lowest BCUT2D eigenvalue weighted by atomic mass is 10.2. The third-order valence-corrected chi connectivity index (χ3v) is 3.26. The van der Waals surface area contributed by atoms with E-state index < -0.39 is 0 Å². The van der Waals surface area contributed by atoms with Crippen molar-refractivity contribution in [1.29, 1.82) is 0 Å². The molecule has 0 atom stereocenters. The lowest BCUT2D eigenvalue weighted by Gasteiger charge is -2.07. The number of hydrogen-bond donors (Lipinski definition) is 0. The Hall–Kier alpha value is -3.01. The molecule has 108 valence electrons. The van der Waals surface area contributed by atoms with E-state index in [1.807, 2.05) is 47.2 Å². The van der Waals surface area contributed by atoms with Crippen molar-refractivity contribution in [2.45, 2.75) is 6.54 Å². The number of benzene rings is 1. The number of amides is 1. The summed E-state index contributed by atoms with van der Waals surface area (Å²) in [7, 11) is 0. The molecule has 4 heteroatoms. The molecule has 3 rings (SSSR count). The Balaban J connectivity index is 1.94. The Kier molecular flexibility index (Phi) is 4.20. The fraction of sp³-hybridized carbons (Fsp3) is 0.0556. The van der Waals surface area contributed by atoms with Crippen LogP contribution in [0.25, 0.3) is 0 Å². The van der Waals surface area contributed by atoms with E-state index in [0.29, 0.717) is 17.6 Å². The summed E-state index contributed by atoms with van der Waals surface area (Å²) in [5.74, 6) is -0.268. The zero-order chi connectivity index (χ0) is 15.2. The topological polar surface area (TPSA) is 47.2 Å². The van der Waals surface area contributed by atoms with Crippen LogP contribution in [0.5, 0.6) is 0 Å². The van der Waals surface area contributed by atoms with Crippen LogP contribution in [0.3, 0.4) is 0 Å². The number of aromatic nitrogens is 2. The first kappa shape index (κ1) is 13.9. The van der Waals surface area contributed by atoms with E-state index in [1.54, 1.807) is 24.5 Å². The Bertz CT molecular complexity index is 823. The van der Waals surface area contributed by atoms with Crippen LogP contribution in [0.4, 0.5) is 0 Å². The van der Waals surface area contributed by atoms with Gasteiger partial charge in [0.25, 0.3) is 5.91 Å². The molecule has 0 unspecified atom stereocenters. The van der Waals surface area contributed by atoms with Crippen LogP contribution in [0.15, 0.2) is 84.2 Å². The molecule has 0 aliphatic heterocycles. The summed E-state index contributed by atoms with van der Waals surface area (Å²) in [6.07, 6.45) is 5.10. The Morgan fingerprint density at radius 1 is 0.955 bits per heavy atom. The molecular formula is C18H15N3O. The van der Waals surface area contributed by atoms with Gasteiger partial charge >= 0.3 is 0 Å². The maximum atomic E-state index is 12.2. The molecule has 2 aromatic heterocycles. The van der Waals surface area contributed by atoms with Crippen molar-refractivity contribution in [1.82, 2.24) is 9.55 Å². The van der Waals surface area contributed by atoms with Crippen molar-refractivity contribution in [2.75, 3.05) is 0 Å². The van der Waals surface area contributed by atoms with Gasteiger partial charge < -0.3 is 4.57 Å². The van der Waals surface area contributed by atoms with E-state index in [-0.39, 0.29) is 5.91 Å². The van der Waals surface area contributed by atoms with Gasteiger partial charge in [0.1, 0.15) is 5.49 Å². The summed E-state index contributed by atoms with van der Waals surface area (Å²) in [5, 5.41) is 0. The highest BCUT2D eigenvalue weighted by molar-refractivity contribution is 5.94. The van der Waals surface area contributed by atoms with Crippen LogP contribution in [-0.4, -0.2) is 15.5 Å². The van der Waals surface area contributed by atoms with E-state index in [1.165, 1.54) is 0 Å². The standard InChI is InChI=1S/C18H15N3O/c22-18(16-9-11-19-12-10-16)20-17-8-4-5-13-21(17)14-15-6-2-1-3-7-15/h1-13H,14H2. The normalized spacial score (nSPS) is 11.4. The van der Waals surface area contributed by atoms with E-state index in [0.717, 1.165) is 5.56 Å². The molecule has 0 aliphatic carbocycles. The van der Waals surface area contributed by atoms with Crippen molar-refractivity contribution in [3.63, 3.8) is 0 Å². The predicted molar refractivity (Wildman–Crippen MR) is 84.1 cm³/mol. The second-order valence-corrected chi connectivity index (χ2v) is 4.83. The van der Waals surface area contributed by atoms with E-state index >= 15 is 0 Å². The van der Waals surface area contributed by atoms with Gasteiger partial charge in [-0.3, -0.25) is 9.78 Å². The largest absolute Gasteiger partial charge is 0.328 e. The van der Waals surface area contributed by atoms with Gasteiger partial charge in [-0.1, -0.05) is 36.4 Å². The van der Waals surface area contributed by atoms with Gasteiger partial charge in [0.05, 0.1) is 0 Å². The fourth-order valence-corrected chi connectivity index (χ4v) is 2.15. The number of hydrogen-bond acceptors (Lipinski definition) is 2. The number of carbonyl (C=O) groups excluding carboxylic acids is 1. The quantitative estimate of drug-likeness (QED) is 0.744. The van der Waals surface area contributed by atoms with Crippen LogP contribution >= 0.6 is 0 Å². The minimum Gasteiger partial charge on any atom is -0.328 e. The average molecular weight is 289 g/mol. The summed E-state index contributed by atoms with van der Waals surface area (Å²) in [6.45, 7) is 0.671. The van der Waals surface area contributed by atoms with E-state index in [4.69, 9.17) is 0 Å². The number of nitrogens with zero attached hydrogens (tertiary/aromatic N) is 3. The smallest absolute Gasteiger partial charge is 0.279 e. The summed E-state index contributed by atoms with van der Waals surface area (Å²) in [6, 6.07) is 19.0. The third-order valence-electron chi connectivity index (χ3n) is 3.26. The minimum atomic E-state index is -0.268. The second-order valence-electron chi connectivity index (χ2n) is 4.83. The molecule has 2 heterocycles. The molecule has 0 N–H and O–H groups in total. The van der Waals surface area contributed by atoms with Gasteiger partial charge in [-0.25, -0.2) is 0 Å². The van der Waals surface area contributed by atoms with Gasteiger partial charge in [0.2, 0.25) is 0 Å². The molecule has 0 spiro atoms. The van der Waals surface area contributed by atoms with Crippen molar-refractivity contribution in [3.8, 4) is 0 Å². The van der Waals surface area contributed by atoms with Gasteiger partial charge in [0, 0.05) is 30.7 Å². The minimum absolute atomic E-state index is 0.268. The lowest BCUT2D eigenvalue weighted by Crippen LogP contribution is -2.22. The fourth-order valence-electron chi connectivity index (χ4n) is 2.15. The molecule has 0 fully saturated rings. The molecule has 0 radical (unpaired) electrons. The maximum absolute atomic E-state index is 12.2. The summed E-state index contributed by atoms with van der Waals surface area (Å²) >= 11 is 0. The highest BCUT2D eigenvalue weighted by Crippen LogP contribution is 2.01. The Morgan fingerprint density at radius 2 is 1.68 bits per heavy atom. The summed E-state index contributed by atoms with van der Waals surface area (Å²) < 4.78 is 1.95. The van der Waals surface area contributed by atoms with Crippen LogP contribution in [0, 0.1) is 0 Å². The summed E-state index contributed by atoms with van der Waals surface area (Å²) in [4.78, 5) is 20.3. The maximum Gasteiger partial charge on any atom is 0.279 e. The first-order valence-corrected chi connectivity index (χ1v) is 7.01. The zero-order valence-corrected chi connectivity index (χ0v) is 12.0. The van der Waals surface area contributed by atoms with Crippen LogP contribution < -0.4 is 5.49 Å². The lowest BCUT2D eigenvalue weighted by molar-refractivity contribution is 0.0997. The van der Waals surface area contributed by atoms with Crippen molar-refractivity contribution >= 4 is 5.91 Å². The third kappa shape index (κ3) is 3.35. The Labute approximate surface area is 128 Å². The van der Waals surface area contributed by atoms with Crippen molar-refractivity contribution < 1.29 is 4.79 Å². The molecule has 4 nitrogen and oxygen atoms in total. The highest BCUT2D eigenvalue weighted by Gasteiger charge is 2.03. The monoisotopic (exact) mass is 289 g/mol. The molecule has 1 aromatic carbocycles. The number of carbonyl (C=O) groups is 1. The van der Waals surface area contributed by atoms with Gasteiger partial charge in [-0.2, -0.15) is 4.99 Å². The molecule has 1 amide bonds. The summed E-state index contributed by atoms with van der Waals surface area (Å²) in [5.41, 5.74) is 2.32. The SMILES string of the molecule is O=C(N=c1ccccn1Cc1ccccc1)c1ccncc1. The first-order valence-electron chi connectivity index (χ1n) is 7.01. The number of pyridine rings is 2. The zero-order valence-electron chi connectivity index (χ0n) is 12.0. The van der Waals surface area contributed by atoms with Crippen LogP contribution in [0.2, 0.25) is 0 Å². The van der Waals surface area contributed by atoms with Gasteiger partial charge in [-0.15, -0.1) is 0 Å². The van der Waals surface area contributed by atoms with Crippen molar-refractivity contribution in [2.24, 2.45) is 4.99 Å². The molecule has 0 saturated heterocycles.